The van der Waals surface area contributed by atoms with Crippen LogP contribution in [-0.4, -0.2) is 50.2 Å². The summed E-state index contributed by atoms with van der Waals surface area (Å²) in [5.74, 6) is 0. The van der Waals surface area contributed by atoms with E-state index in [1.807, 2.05) is 0 Å². The molecular weight excluding hydrogens is 309 g/mol. The Morgan fingerprint density at radius 3 is 1.95 bits per heavy atom. The third kappa shape index (κ3) is 3.35. The minimum absolute atomic E-state index is 0.127. The van der Waals surface area contributed by atoms with Crippen molar-refractivity contribution in [2.45, 2.75) is 11.1 Å². The molecule has 21 heavy (non-hydrogen) atoms. The molecule has 0 bridgehead atoms. The van der Waals surface area contributed by atoms with Gasteiger partial charge in [0.2, 0.25) is 16.4 Å². The van der Waals surface area contributed by atoms with Crippen LogP contribution in [0.3, 0.4) is 0 Å². The van der Waals surface area contributed by atoms with E-state index in [4.69, 9.17) is 0 Å². The van der Waals surface area contributed by atoms with Gasteiger partial charge in [-0.2, -0.15) is 17.5 Å². The highest BCUT2D eigenvalue weighted by molar-refractivity contribution is 7.89. The molecule has 9 heteroatoms. The summed E-state index contributed by atoms with van der Waals surface area (Å²) in [5, 5.41) is 0. The predicted molar refractivity (Wildman–Crippen MR) is 67.8 cm³/mol. The molecule has 2 rings (SSSR count). The monoisotopic (exact) mass is 322 g/mol. The average molecular weight is 322 g/mol. The molecule has 1 heterocycles. The molecule has 1 aliphatic heterocycles. The lowest BCUT2D eigenvalue weighted by Gasteiger charge is -2.31. The zero-order chi connectivity index (χ0) is 15.7. The van der Waals surface area contributed by atoms with Crippen LogP contribution in [0.4, 0.5) is 13.2 Å². The zero-order valence-electron chi connectivity index (χ0n) is 10.9. The molecule has 1 saturated heterocycles. The lowest BCUT2D eigenvalue weighted by Crippen LogP contribution is -2.47. The first-order valence-corrected chi connectivity index (χ1v) is 7.56. The van der Waals surface area contributed by atoms with E-state index in [1.54, 1.807) is 0 Å². The van der Waals surface area contributed by atoms with Crippen LogP contribution in [-0.2, 0) is 21.0 Å². The molecule has 0 saturated carbocycles. The van der Waals surface area contributed by atoms with E-state index in [0.717, 1.165) is 28.6 Å². The highest BCUT2D eigenvalue weighted by Gasteiger charge is 2.32. The van der Waals surface area contributed by atoms with E-state index in [2.05, 4.69) is 0 Å². The Morgan fingerprint density at radius 1 is 1.00 bits per heavy atom. The van der Waals surface area contributed by atoms with Gasteiger partial charge in [0.15, 0.2) is 0 Å². The van der Waals surface area contributed by atoms with Crippen LogP contribution in [0.5, 0.6) is 0 Å². The normalized spacial score (nSPS) is 17.8. The largest absolute Gasteiger partial charge is 0.416 e. The fourth-order valence-electron chi connectivity index (χ4n) is 2.01. The van der Waals surface area contributed by atoms with Crippen molar-refractivity contribution in [1.29, 1.82) is 0 Å². The second-order valence-corrected chi connectivity index (χ2v) is 6.51. The van der Waals surface area contributed by atoms with Crippen LogP contribution in [0.15, 0.2) is 29.2 Å². The molecule has 0 radical (unpaired) electrons. The molecule has 5 nitrogen and oxygen atoms in total. The van der Waals surface area contributed by atoms with Gasteiger partial charge in [-0.05, 0) is 24.3 Å². The Hall–Kier alpha value is -1.61. The van der Waals surface area contributed by atoms with Gasteiger partial charge in [0.25, 0.3) is 0 Å². The number of piperazine rings is 1. The molecule has 0 atom stereocenters. The highest BCUT2D eigenvalue weighted by Crippen LogP contribution is 2.30. The van der Waals surface area contributed by atoms with Crippen molar-refractivity contribution in [2.24, 2.45) is 0 Å². The molecule has 1 fully saturated rings. The molecule has 1 aromatic rings. The van der Waals surface area contributed by atoms with Crippen molar-refractivity contribution in [3.05, 3.63) is 29.8 Å². The summed E-state index contributed by atoms with van der Waals surface area (Å²) in [7, 11) is -3.83. The quantitative estimate of drug-likeness (QED) is 0.785. The molecule has 0 aliphatic carbocycles. The van der Waals surface area contributed by atoms with E-state index in [-0.39, 0.29) is 31.1 Å². The Bertz CT molecular complexity index is 606. The van der Waals surface area contributed by atoms with Gasteiger partial charge in [-0.3, -0.25) is 4.79 Å². The summed E-state index contributed by atoms with van der Waals surface area (Å²) in [6.07, 6.45) is -3.86. The first-order valence-electron chi connectivity index (χ1n) is 6.12. The van der Waals surface area contributed by atoms with Gasteiger partial charge >= 0.3 is 6.18 Å². The van der Waals surface area contributed by atoms with Crippen molar-refractivity contribution >= 4 is 16.4 Å². The molecule has 0 N–H and O–H groups in total. The fourth-order valence-corrected chi connectivity index (χ4v) is 3.44. The summed E-state index contributed by atoms with van der Waals surface area (Å²) in [5.41, 5.74) is -0.896. The zero-order valence-corrected chi connectivity index (χ0v) is 11.7. The molecule has 1 amide bonds. The van der Waals surface area contributed by atoms with Gasteiger partial charge in [-0.25, -0.2) is 8.42 Å². The first kappa shape index (κ1) is 15.8. The third-order valence-corrected chi connectivity index (χ3v) is 5.15. The Kier molecular flexibility index (Phi) is 4.24. The van der Waals surface area contributed by atoms with Crippen LogP contribution < -0.4 is 0 Å². The standard InChI is InChI=1S/C12H13F3N2O3S/c13-12(14,15)10-1-3-11(4-2-10)21(19,20)17-7-5-16(9-18)6-8-17/h1-4,9H,5-8H2. The Labute approximate surface area is 120 Å². The van der Waals surface area contributed by atoms with E-state index < -0.39 is 21.8 Å². The van der Waals surface area contributed by atoms with Crippen molar-refractivity contribution in [3.8, 4) is 0 Å². The maximum Gasteiger partial charge on any atom is 0.416 e. The average Bonchev–Trinajstić information content (AvgIpc) is 2.46. The van der Waals surface area contributed by atoms with E-state index >= 15 is 0 Å². The second-order valence-electron chi connectivity index (χ2n) is 4.57. The number of carbonyl (C=O) groups is 1. The summed E-state index contributed by atoms with van der Waals surface area (Å²) >= 11 is 0. The van der Waals surface area contributed by atoms with Gasteiger partial charge in [0.05, 0.1) is 10.5 Å². The summed E-state index contributed by atoms with van der Waals surface area (Å²) in [4.78, 5) is 11.8. The number of carbonyl (C=O) groups excluding carboxylic acids is 1. The smallest absolute Gasteiger partial charge is 0.343 e. The number of alkyl halides is 3. The number of nitrogens with zero attached hydrogens (tertiary/aromatic N) is 2. The first-order chi connectivity index (χ1) is 9.75. The molecule has 1 aromatic carbocycles. The van der Waals surface area contributed by atoms with E-state index in [1.165, 1.54) is 4.90 Å². The van der Waals surface area contributed by atoms with Crippen LogP contribution in [0.2, 0.25) is 0 Å². The van der Waals surface area contributed by atoms with Crippen LogP contribution >= 0.6 is 0 Å². The van der Waals surface area contributed by atoms with Gasteiger partial charge in [0, 0.05) is 26.2 Å². The van der Waals surface area contributed by atoms with Crippen molar-refractivity contribution in [2.75, 3.05) is 26.2 Å². The summed E-state index contributed by atoms with van der Waals surface area (Å²) in [6, 6.07) is 3.39. The van der Waals surface area contributed by atoms with Crippen LogP contribution in [0.1, 0.15) is 5.56 Å². The minimum Gasteiger partial charge on any atom is -0.343 e. The highest BCUT2D eigenvalue weighted by atomic mass is 32.2. The van der Waals surface area contributed by atoms with Crippen molar-refractivity contribution < 1.29 is 26.4 Å². The minimum atomic E-state index is -4.50. The Balaban J connectivity index is 2.18. The van der Waals surface area contributed by atoms with Gasteiger partial charge < -0.3 is 4.90 Å². The van der Waals surface area contributed by atoms with E-state index in [9.17, 15) is 26.4 Å². The van der Waals surface area contributed by atoms with Crippen molar-refractivity contribution in [3.63, 3.8) is 0 Å². The number of hydrogen-bond acceptors (Lipinski definition) is 3. The third-order valence-electron chi connectivity index (χ3n) is 3.24. The SMILES string of the molecule is O=CN1CCN(S(=O)(=O)c2ccc(C(F)(F)F)cc2)CC1. The summed E-state index contributed by atoms with van der Waals surface area (Å²) in [6.45, 7) is 0.789. The molecule has 0 aromatic heterocycles. The Morgan fingerprint density at radius 2 is 1.52 bits per heavy atom. The number of rotatable bonds is 3. The molecule has 116 valence electrons. The number of halogens is 3. The number of benzene rings is 1. The van der Waals surface area contributed by atoms with Crippen LogP contribution in [0, 0.1) is 0 Å². The number of hydrogen-bond donors (Lipinski definition) is 0. The lowest BCUT2D eigenvalue weighted by molar-refractivity contribution is -0.137. The molecule has 0 unspecified atom stereocenters. The van der Waals surface area contributed by atoms with Crippen molar-refractivity contribution in [1.82, 2.24) is 9.21 Å². The maximum atomic E-state index is 12.5. The summed E-state index contributed by atoms with van der Waals surface area (Å²) < 4.78 is 63.1. The van der Waals surface area contributed by atoms with Gasteiger partial charge in [0.1, 0.15) is 0 Å². The molecule has 0 spiro atoms. The second kappa shape index (κ2) is 5.64. The maximum absolute atomic E-state index is 12.5. The molecular formula is C12H13F3N2O3S. The van der Waals surface area contributed by atoms with Gasteiger partial charge in [-0.1, -0.05) is 0 Å². The van der Waals surface area contributed by atoms with Crippen LogP contribution in [0.25, 0.3) is 0 Å². The fraction of sp³-hybridized carbons (Fsp3) is 0.417. The topological polar surface area (TPSA) is 57.7 Å². The molecule has 1 aliphatic rings. The van der Waals surface area contributed by atoms with E-state index in [0.29, 0.717) is 6.41 Å². The lowest BCUT2D eigenvalue weighted by atomic mass is 10.2. The predicted octanol–water partition coefficient (Wildman–Crippen LogP) is 1.17. The van der Waals surface area contributed by atoms with Gasteiger partial charge in [-0.15, -0.1) is 0 Å². The number of sulfonamides is 1. The number of amides is 1.